The Morgan fingerprint density at radius 1 is 1.24 bits per heavy atom. The molecule has 1 heterocycles. The number of benzene rings is 1. The van der Waals surface area contributed by atoms with E-state index in [1.165, 1.54) is 38.0 Å². The Labute approximate surface area is 109 Å². The number of piperidine rings is 1. The van der Waals surface area contributed by atoms with Crippen LogP contribution in [0.25, 0.3) is 0 Å². The van der Waals surface area contributed by atoms with Gasteiger partial charge in [0.05, 0.1) is 0 Å². The molecule has 1 aliphatic heterocycles. The molecule has 0 amide bonds. The predicted octanol–water partition coefficient (Wildman–Crippen LogP) is 3.17. The number of halogens is 1. The van der Waals surface area contributed by atoms with Crippen LogP contribution in [-0.2, 0) is 0 Å². The Kier molecular flexibility index (Phi) is 4.69. The summed E-state index contributed by atoms with van der Waals surface area (Å²) in [6.45, 7) is 3.51. The molecule has 2 nitrogen and oxygen atoms in total. The van der Waals surface area contributed by atoms with E-state index in [1.807, 2.05) is 12.1 Å². The van der Waals surface area contributed by atoms with Crippen LogP contribution >= 0.6 is 11.6 Å². The SMILES string of the molecule is CN(CCC1CCNCC1)c1ccc(Cl)cc1. The number of anilines is 1. The summed E-state index contributed by atoms with van der Waals surface area (Å²) < 4.78 is 0. The fourth-order valence-corrected chi connectivity index (χ4v) is 2.50. The molecular weight excluding hydrogens is 232 g/mol. The average molecular weight is 253 g/mol. The Morgan fingerprint density at radius 3 is 2.53 bits per heavy atom. The first-order valence-corrected chi connectivity index (χ1v) is 6.81. The fourth-order valence-electron chi connectivity index (χ4n) is 2.37. The van der Waals surface area contributed by atoms with E-state index < -0.39 is 0 Å². The molecule has 1 saturated heterocycles. The molecule has 1 aromatic rings. The fraction of sp³-hybridized carbons (Fsp3) is 0.571. The van der Waals surface area contributed by atoms with Crippen LogP contribution in [0.3, 0.4) is 0 Å². The van der Waals surface area contributed by atoms with Crippen LogP contribution in [0.1, 0.15) is 19.3 Å². The molecule has 0 spiro atoms. The van der Waals surface area contributed by atoms with Gasteiger partial charge in [0.1, 0.15) is 0 Å². The van der Waals surface area contributed by atoms with Gasteiger partial charge >= 0.3 is 0 Å². The topological polar surface area (TPSA) is 15.3 Å². The van der Waals surface area contributed by atoms with Crippen molar-refractivity contribution in [3.63, 3.8) is 0 Å². The molecule has 94 valence electrons. The third kappa shape index (κ3) is 3.90. The second-order valence-corrected chi connectivity index (χ2v) is 5.32. The van der Waals surface area contributed by atoms with E-state index in [4.69, 9.17) is 11.6 Å². The van der Waals surface area contributed by atoms with Gasteiger partial charge in [-0.15, -0.1) is 0 Å². The molecule has 2 rings (SSSR count). The number of nitrogens with one attached hydrogen (secondary N) is 1. The van der Waals surface area contributed by atoms with Crippen LogP contribution in [0.2, 0.25) is 5.02 Å². The average Bonchev–Trinajstić information content (AvgIpc) is 2.38. The van der Waals surface area contributed by atoms with Crippen molar-refractivity contribution in [3.8, 4) is 0 Å². The Hall–Kier alpha value is -0.730. The smallest absolute Gasteiger partial charge is 0.0407 e. The largest absolute Gasteiger partial charge is 0.375 e. The van der Waals surface area contributed by atoms with Gasteiger partial charge in [-0.1, -0.05) is 11.6 Å². The summed E-state index contributed by atoms with van der Waals surface area (Å²) >= 11 is 5.89. The van der Waals surface area contributed by atoms with E-state index in [9.17, 15) is 0 Å². The lowest BCUT2D eigenvalue weighted by Crippen LogP contribution is -2.30. The predicted molar refractivity (Wildman–Crippen MR) is 74.9 cm³/mol. The number of rotatable bonds is 4. The maximum Gasteiger partial charge on any atom is 0.0407 e. The highest BCUT2D eigenvalue weighted by molar-refractivity contribution is 6.30. The van der Waals surface area contributed by atoms with Crippen molar-refractivity contribution < 1.29 is 0 Å². The minimum Gasteiger partial charge on any atom is -0.375 e. The summed E-state index contributed by atoms with van der Waals surface area (Å²) in [5.41, 5.74) is 1.25. The Morgan fingerprint density at radius 2 is 1.88 bits per heavy atom. The summed E-state index contributed by atoms with van der Waals surface area (Å²) in [5.74, 6) is 0.894. The lowest BCUT2D eigenvalue weighted by molar-refractivity contribution is 0.356. The van der Waals surface area contributed by atoms with E-state index >= 15 is 0 Å². The Balaban J connectivity index is 1.80. The molecule has 1 aromatic carbocycles. The van der Waals surface area contributed by atoms with Crippen LogP contribution in [0, 0.1) is 5.92 Å². The van der Waals surface area contributed by atoms with Crippen molar-refractivity contribution >= 4 is 17.3 Å². The lowest BCUT2D eigenvalue weighted by atomic mass is 9.94. The molecule has 1 fully saturated rings. The van der Waals surface area contributed by atoms with Crippen molar-refractivity contribution in [1.82, 2.24) is 5.32 Å². The molecule has 0 aromatic heterocycles. The van der Waals surface area contributed by atoms with E-state index in [1.54, 1.807) is 0 Å². The molecule has 0 saturated carbocycles. The highest BCUT2D eigenvalue weighted by Gasteiger charge is 2.13. The molecule has 17 heavy (non-hydrogen) atoms. The molecule has 3 heteroatoms. The van der Waals surface area contributed by atoms with Gasteiger partial charge in [-0.2, -0.15) is 0 Å². The van der Waals surface area contributed by atoms with Gasteiger partial charge in [0, 0.05) is 24.3 Å². The Bertz CT molecular complexity index is 331. The molecular formula is C14H21ClN2. The first-order chi connectivity index (χ1) is 8.25. The second kappa shape index (κ2) is 6.27. The van der Waals surface area contributed by atoms with Gasteiger partial charge in [-0.25, -0.2) is 0 Å². The molecule has 1 N–H and O–H groups in total. The van der Waals surface area contributed by atoms with Gasteiger partial charge in [0.25, 0.3) is 0 Å². The quantitative estimate of drug-likeness (QED) is 0.886. The highest BCUT2D eigenvalue weighted by atomic mass is 35.5. The maximum atomic E-state index is 5.89. The van der Waals surface area contributed by atoms with Crippen LogP contribution in [0.4, 0.5) is 5.69 Å². The van der Waals surface area contributed by atoms with E-state index in [2.05, 4.69) is 29.4 Å². The monoisotopic (exact) mass is 252 g/mol. The molecule has 0 aliphatic carbocycles. The first-order valence-electron chi connectivity index (χ1n) is 6.43. The first kappa shape index (κ1) is 12.7. The molecule has 0 unspecified atom stereocenters. The minimum atomic E-state index is 0.806. The summed E-state index contributed by atoms with van der Waals surface area (Å²) in [5, 5.41) is 4.22. The van der Waals surface area contributed by atoms with E-state index in [0.29, 0.717) is 0 Å². The zero-order chi connectivity index (χ0) is 12.1. The number of hydrogen-bond acceptors (Lipinski definition) is 2. The number of nitrogens with zero attached hydrogens (tertiary/aromatic N) is 1. The van der Waals surface area contributed by atoms with Gasteiger partial charge in [-0.3, -0.25) is 0 Å². The highest BCUT2D eigenvalue weighted by Crippen LogP contribution is 2.20. The second-order valence-electron chi connectivity index (χ2n) is 4.88. The van der Waals surface area contributed by atoms with Crippen molar-refractivity contribution in [2.45, 2.75) is 19.3 Å². The van der Waals surface area contributed by atoms with Gasteiger partial charge in [-0.05, 0) is 62.5 Å². The van der Waals surface area contributed by atoms with Crippen LogP contribution < -0.4 is 10.2 Å². The van der Waals surface area contributed by atoms with Crippen LogP contribution in [0.15, 0.2) is 24.3 Å². The van der Waals surface area contributed by atoms with Crippen molar-refractivity contribution in [2.75, 3.05) is 31.6 Å². The van der Waals surface area contributed by atoms with Gasteiger partial charge in [0.2, 0.25) is 0 Å². The van der Waals surface area contributed by atoms with Gasteiger partial charge in [0.15, 0.2) is 0 Å². The molecule has 0 atom stereocenters. The zero-order valence-corrected chi connectivity index (χ0v) is 11.2. The third-order valence-corrected chi connectivity index (χ3v) is 3.85. The zero-order valence-electron chi connectivity index (χ0n) is 10.5. The van der Waals surface area contributed by atoms with Crippen molar-refractivity contribution in [1.29, 1.82) is 0 Å². The minimum absolute atomic E-state index is 0.806. The van der Waals surface area contributed by atoms with Gasteiger partial charge < -0.3 is 10.2 Å². The standard InChI is InChI=1S/C14H21ClN2/c1-17(14-4-2-13(15)3-5-14)11-8-12-6-9-16-10-7-12/h2-5,12,16H,6-11H2,1H3. The van der Waals surface area contributed by atoms with E-state index in [0.717, 1.165) is 17.5 Å². The summed E-state index contributed by atoms with van der Waals surface area (Å²) in [6, 6.07) is 8.09. The third-order valence-electron chi connectivity index (χ3n) is 3.60. The summed E-state index contributed by atoms with van der Waals surface area (Å²) in [4.78, 5) is 2.32. The van der Waals surface area contributed by atoms with Crippen molar-refractivity contribution in [3.05, 3.63) is 29.3 Å². The van der Waals surface area contributed by atoms with Crippen molar-refractivity contribution in [2.24, 2.45) is 5.92 Å². The lowest BCUT2D eigenvalue weighted by Gasteiger charge is -2.26. The molecule has 0 bridgehead atoms. The molecule has 0 radical (unpaired) electrons. The summed E-state index contributed by atoms with van der Waals surface area (Å²) in [6.07, 6.45) is 3.95. The summed E-state index contributed by atoms with van der Waals surface area (Å²) in [7, 11) is 2.16. The number of hydrogen-bond donors (Lipinski definition) is 1. The van der Waals surface area contributed by atoms with Crippen LogP contribution in [0.5, 0.6) is 0 Å². The van der Waals surface area contributed by atoms with Crippen LogP contribution in [-0.4, -0.2) is 26.7 Å². The normalized spacial score (nSPS) is 17.1. The molecule has 1 aliphatic rings. The van der Waals surface area contributed by atoms with E-state index in [-0.39, 0.29) is 0 Å². The maximum absolute atomic E-state index is 5.89.